The minimum Gasteiger partial charge on any atom is -0.348 e. The van der Waals surface area contributed by atoms with Crippen LogP contribution in [0.25, 0.3) is 6.08 Å². The van der Waals surface area contributed by atoms with Gasteiger partial charge in [0.15, 0.2) is 0 Å². The molecule has 2 aromatic carbocycles. The Balaban J connectivity index is 1.93. The van der Waals surface area contributed by atoms with E-state index in [1.54, 1.807) is 0 Å². The van der Waals surface area contributed by atoms with Gasteiger partial charge in [0, 0.05) is 12.6 Å². The second kappa shape index (κ2) is 7.09. The van der Waals surface area contributed by atoms with E-state index in [1.807, 2.05) is 0 Å². The summed E-state index contributed by atoms with van der Waals surface area (Å²) in [4.78, 5) is 11.6. The molecule has 0 unspecified atom stereocenters. The van der Waals surface area contributed by atoms with Gasteiger partial charge in [0.1, 0.15) is 5.82 Å². The van der Waals surface area contributed by atoms with Crippen molar-refractivity contribution in [2.75, 3.05) is 0 Å². The van der Waals surface area contributed by atoms with Gasteiger partial charge in [-0.3, -0.25) is 4.79 Å². The first-order chi connectivity index (χ1) is 10.8. The smallest absolute Gasteiger partial charge is 0.348 e. The molecule has 1 N–H and O–H groups in total. The van der Waals surface area contributed by atoms with E-state index in [1.165, 1.54) is 48.6 Å². The van der Waals surface area contributed by atoms with E-state index in [0.29, 0.717) is 11.1 Å². The third-order valence-corrected chi connectivity index (χ3v) is 3.02. The first-order valence-corrected chi connectivity index (χ1v) is 6.72. The van der Waals surface area contributed by atoms with Crippen LogP contribution in [0.5, 0.6) is 0 Å². The van der Waals surface area contributed by atoms with Gasteiger partial charge in [0.2, 0.25) is 5.91 Å². The molecule has 0 spiro atoms. The highest BCUT2D eigenvalue weighted by atomic mass is 19.4. The molecule has 0 saturated carbocycles. The molecule has 0 heterocycles. The van der Waals surface area contributed by atoms with E-state index in [4.69, 9.17) is 0 Å². The van der Waals surface area contributed by atoms with Gasteiger partial charge in [0.25, 0.3) is 0 Å². The topological polar surface area (TPSA) is 29.1 Å². The summed E-state index contributed by atoms with van der Waals surface area (Å²) in [5.41, 5.74) is 0.232. The predicted octanol–water partition coefficient (Wildman–Crippen LogP) is 4.17. The van der Waals surface area contributed by atoms with Crippen molar-refractivity contribution in [1.29, 1.82) is 0 Å². The van der Waals surface area contributed by atoms with Crippen molar-refractivity contribution in [3.05, 3.63) is 77.1 Å². The molecule has 2 nitrogen and oxygen atoms in total. The minimum atomic E-state index is -4.41. The van der Waals surface area contributed by atoms with E-state index in [2.05, 4.69) is 5.32 Å². The molecule has 0 fully saturated rings. The van der Waals surface area contributed by atoms with E-state index >= 15 is 0 Å². The number of nitrogens with one attached hydrogen (secondary N) is 1. The van der Waals surface area contributed by atoms with Crippen LogP contribution in [0.3, 0.4) is 0 Å². The summed E-state index contributed by atoms with van der Waals surface area (Å²) in [5, 5.41) is 2.49. The molecule has 2 aromatic rings. The summed E-state index contributed by atoms with van der Waals surface area (Å²) in [5.74, 6) is -0.831. The molecule has 0 atom stereocenters. The van der Waals surface area contributed by atoms with Crippen LogP contribution in [0.2, 0.25) is 0 Å². The molecule has 23 heavy (non-hydrogen) atoms. The van der Waals surface area contributed by atoms with E-state index in [9.17, 15) is 22.4 Å². The lowest BCUT2D eigenvalue weighted by molar-refractivity contribution is -0.137. The molecular formula is C17H13F4NO. The third-order valence-electron chi connectivity index (χ3n) is 3.02. The number of hydrogen-bond acceptors (Lipinski definition) is 1. The van der Waals surface area contributed by atoms with Crippen molar-refractivity contribution < 1.29 is 22.4 Å². The molecule has 0 aliphatic carbocycles. The highest BCUT2D eigenvalue weighted by Gasteiger charge is 2.30. The largest absolute Gasteiger partial charge is 0.416 e. The van der Waals surface area contributed by atoms with Gasteiger partial charge in [-0.05, 0) is 41.5 Å². The van der Waals surface area contributed by atoms with Gasteiger partial charge < -0.3 is 5.32 Å². The van der Waals surface area contributed by atoms with Crippen molar-refractivity contribution in [1.82, 2.24) is 5.32 Å². The zero-order valence-electron chi connectivity index (χ0n) is 11.9. The summed E-state index contributed by atoms with van der Waals surface area (Å²) in [6.45, 7) is -0.0174. The van der Waals surface area contributed by atoms with E-state index < -0.39 is 17.6 Å². The van der Waals surface area contributed by atoms with Gasteiger partial charge in [0.05, 0.1) is 5.56 Å². The predicted molar refractivity (Wildman–Crippen MR) is 78.7 cm³/mol. The van der Waals surface area contributed by atoms with Crippen LogP contribution in [0.1, 0.15) is 16.7 Å². The Hall–Kier alpha value is -2.63. The Labute approximate surface area is 130 Å². The normalized spacial score (nSPS) is 11.7. The fraction of sp³-hybridized carbons (Fsp3) is 0.118. The van der Waals surface area contributed by atoms with Crippen LogP contribution in [0, 0.1) is 5.82 Å². The summed E-state index contributed by atoms with van der Waals surface area (Å²) < 4.78 is 50.5. The number of amides is 1. The first-order valence-electron chi connectivity index (χ1n) is 6.72. The van der Waals surface area contributed by atoms with Crippen LogP contribution < -0.4 is 5.32 Å². The lowest BCUT2D eigenvalue weighted by Gasteiger charge is -2.08. The van der Waals surface area contributed by atoms with Crippen molar-refractivity contribution >= 4 is 12.0 Å². The number of carbonyl (C=O) groups is 1. The highest BCUT2D eigenvalue weighted by Crippen LogP contribution is 2.29. The molecule has 0 bridgehead atoms. The molecule has 2 rings (SSSR count). The summed E-state index contributed by atoms with van der Waals surface area (Å²) in [7, 11) is 0. The van der Waals surface area contributed by atoms with Gasteiger partial charge in [-0.1, -0.05) is 24.3 Å². The Kier molecular flexibility index (Phi) is 5.16. The fourth-order valence-corrected chi connectivity index (χ4v) is 1.85. The van der Waals surface area contributed by atoms with E-state index in [0.717, 1.165) is 12.1 Å². The maximum atomic E-state index is 12.7. The quantitative estimate of drug-likeness (QED) is 0.664. The van der Waals surface area contributed by atoms with Crippen LogP contribution in [0.4, 0.5) is 17.6 Å². The standard InChI is InChI=1S/C17H13F4NO/c18-15-7-4-12(5-8-15)6-9-16(23)22-11-13-2-1-3-14(10-13)17(19,20)21/h1-10H,11H2,(H,22,23)/b9-6+. The van der Waals surface area contributed by atoms with Crippen molar-refractivity contribution in [2.24, 2.45) is 0 Å². The lowest BCUT2D eigenvalue weighted by Crippen LogP contribution is -2.20. The third kappa shape index (κ3) is 5.25. The van der Waals surface area contributed by atoms with Crippen molar-refractivity contribution in [3.8, 4) is 0 Å². The van der Waals surface area contributed by atoms with Crippen LogP contribution in [0.15, 0.2) is 54.6 Å². The maximum absolute atomic E-state index is 12.7. The molecule has 6 heteroatoms. The van der Waals surface area contributed by atoms with Gasteiger partial charge in [-0.2, -0.15) is 13.2 Å². The average Bonchev–Trinajstić information content (AvgIpc) is 2.52. The Bertz CT molecular complexity index is 705. The molecule has 0 radical (unpaired) electrons. The van der Waals surface area contributed by atoms with Gasteiger partial charge >= 0.3 is 6.18 Å². The Morgan fingerprint density at radius 3 is 2.43 bits per heavy atom. The maximum Gasteiger partial charge on any atom is 0.416 e. The zero-order valence-corrected chi connectivity index (χ0v) is 11.9. The Morgan fingerprint density at radius 2 is 1.78 bits per heavy atom. The van der Waals surface area contributed by atoms with Gasteiger partial charge in [-0.15, -0.1) is 0 Å². The van der Waals surface area contributed by atoms with Gasteiger partial charge in [-0.25, -0.2) is 4.39 Å². The lowest BCUT2D eigenvalue weighted by atomic mass is 10.1. The SMILES string of the molecule is O=C(/C=C/c1ccc(F)cc1)NCc1cccc(C(F)(F)F)c1. The van der Waals surface area contributed by atoms with Crippen LogP contribution >= 0.6 is 0 Å². The highest BCUT2D eigenvalue weighted by molar-refractivity contribution is 5.91. The van der Waals surface area contributed by atoms with Crippen molar-refractivity contribution in [3.63, 3.8) is 0 Å². The number of halogens is 4. The number of rotatable bonds is 4. The molecule has 0 aliphatic rings. The Morgan fingerprint density at radius 1 is 1.09 bits per heavy atom. The second-order valence-electron chi connectivity index (χ2n) is 4.80. The molecule has 1 amide bonds. The summed E-state index contributed by atoms with van der Waals surface area (Å²) in [6.07, 6.45) is -1.69. The fourth-order valence-electron chi connectivity index (χ4n) is 1.85. The van der Waals surface area contributed by atoms with E-state index in [-0.39, 0.29) is 12.4 Å². The van der Waals surface area contributed by atoms with Crippen LogP contribution in [-0.2, 0) is 17.5 Å². The monoisotopic (exact) mass is 323 g/mol. The number of carbonyl (C=O) groups excluding carboxylic acids is 1. The molecule has 0 aromatic heterocycles. The van der Waals surface area contributed by atoms with Crippen molar-refractivity contribution in [2.45, 2.75) is 12.7 Å². The molecule has 120 valence electrons. The number of alkyl halides is 3. The zero-order chi connectivity index (χ0) is 16.9. The summed E-state index contributed by atoms with van der Waals surface area (Å²) in [6, 6.07) is 10.3. The molecular weight excluding hydrogens is 310 g/mol. The first kappa shape index (κ1) is 16.7. The number of benzene rings is 2. The number of hydrogen-bond donors (Lipinski definition) is 1. The minimum absolute atomic E-state index is 0.0174. The average molecular weight is 323 g/mol. The molecule has 0 aliphatic heterocycles. The molecule has 0 saturated heterocycles. The second-order valence-corrected chi connectivity index (χ2v) is 4.80. The summed E-state index contributed by atoms with van der Waals surface area (Å²) >= 11 is 0. The van der Waals surface area contributed by atoms with Crippen LogP contribution in [-0.4, -0.2) is 5.91 Å².